The van der Waals surface area contributed by atoms with Gasteiger partial charge >= 0.3 is 0 Å². The van der Waals surface area contributed by atoms with Crippen LogP contribution in [0.25, 0.3) is 6.08 Å². The number of hydrogen-bond acceptors (Lipinski definition) is 20. The SMILES string of the molecule is C=Cc1c(C)nc(N)nc1C(C)(C)C.CC1(C)CCc2nc(N)nc(C(C)(C)C)c2C1.CCc1c(C)nc(N)nc1C(C)(C)C.Cc1nc(N)nc(C(C)(C)C)c1C.Cc1nc(N)nc(C(C)(C)C)c1C(C)C.Cc1nc(N)nc(C(C)(C)C)c1C(C)C.Cc1ncnc(C(C)(C)C)c1C(C)C. The van der Waals surface area contributed by atoms with Crippen molar-refractivity contribution in [3.63, 3.8) is 0 Å². The van der Waals surface area contributed by atoms with Gasteiger partial charge in [0.25, 0.3) is 0 Å². The van der Waals surface area contributed by atoms with E-state index in [1.165, 1.54) is 45.6 Å². The van der Waals surface area contributed by atoms with Gasteiger partial charge in [-0.15, -0.1) is 0 Å². The lowest BCUT2D eigenvalue weighted by Crippen LogP contribution is -2.29. The molecule has 20 nitrogen and oxygen atoms in total. The van der Waals surface area contributed by atoms with E-state index in [1.54, 1.807) is 12.4 Å². The van der Waals surface area contributed by atoms with Crippen molar-refractivity contribution in [1.82, 2.24) is 69.8 Å². The minimum atomic E-state index is -0.0364. The van der Waals surface area contributed by atoms with Gasteiger partial charge in [-0.2, -0.15) is 0 Å². The largest absolute Gasteiger partial charge is 0.368 e. The van der Waals surface area contributed by atoms with Crippen molar-refractivity contribution in [3.8, 4) is 0 Å². The molecule has 0 saturated heterocycles. The summed E-state index contributed by atoms with van der Waals surface area (Å²) in [5, 5.41) is 0. The second-order valence-corrected chi connectivity index (χ2v) is 36.1. The zero-order chi connectivity index (χ0) is 79.5. The molecule has 0 aliphatic heterocycles. The summed E-state index contributed by atoms with van der Waals surface area (Å²) in [5.74, 6) is 3.61. The van der Waals surface area contributed by atoms with Crippen molar-refractivity contribution >= 4 is 41.8 Å². The van der Waals surface area contributed by atoms with E-state index < -0.39 is 0 Å². The standard InChI is InChI=1S/C14H23N3.2C12H21N3.C12H20N2.C11H19N3.C11H17N3.C10H17N3/c1-13(2,3)11-9-8-14(4,5)7-6-10(9)16-12(15)17-11;2*1-7(2)9-8(3)14-11(13)15-10(9)12(4,5)6;1-8(2)10-9(3)13-7-14-11(10)12(4,5)6;2*1-6-8-7(2)13-10(12)14-9(8)11(3,4)5;1-6-7(2)12-9(11)13-8(6)10(3,4)5/h6-8H2,1-5H3,(H2,15,16,17);2*7H,1-6H3,(H2,13,14,15);7-8H,1-6H3;6H2,1-5H3,(H2,12,13,14);6H,1H2,2-5H3,(H2,12,13,14);1-5H3,(H2,11,12,13). The Kier molecular flexibility index (Phi) is 31.0. The summed E-state index contributed by atoms with van der Waals surface area (Å²) in [4.78, 5) is 60.2. The van der Waals surface area contributed by atoms with Gasteiger partial charge in [-0.3, -0.25) is 0 Å². The number of nitrogens with zero attached hydrogens (tertiary/aromatic N) is 14. The molecule has 12 N–H and O–H groups in total. The molecule has 7 heterocycles. The predicted octanol–water partition coefficient (Wildman–Crippen LogP) is 18.2. The van der Waals surface area contributed by atoms with Gasteiger partial charge in [-0.1, -0.05) is 220 Å². The Labute approximate surface area is 617 Å². The highest BCUT2D eigenvalue weighted by Crippen LogP contribution is 2.40. The van der Waals surface area contributed by atoms with Crippen molar-refractivity contribution in [2.45, 2.75) is 338 Å². The molecule has 0 amide bonds. The fourth-order valence-corrected chi connectivity index (χ4v) is 12.6. The van der Waals surface area contributed by atoms with E-state index in [2.05, 4.69) is 291 Å². The molecule has 7 aromatic heterocycles. The van der Waals surface area contributed by atoms with Crippen molar-refractivity contribution in [2.24, 2.45) is 5.41 Å². The van der Waals surface area contributed by atoms with Crippen LogP contribution >= 0.6 is 0 Å². The topological polar surface area (TPSA) is 337 Å². The van der Waals surface area contributed by atoms with Crippen LogP contribution in [-0.2, 0) is 57.2 Å². The van der Waals surface area contributed by atoms with E-state index >= 15 is 0 Å². The first-order valence-corrected chi connectivity index (χ1v) is 36.3. The minimum absolute atomic E-state index is 0.0153. The van der Waals surface area contributed by atoms with Crippen LogP contribution in [0.4, 0.5) is 35.7 Å². The van der Waals surface area contributed by atoms with Gasteiger partial charge in [-0.05, 0) is 131 Å². The Hall–Kier alpha value is -7.90. The van der Waals surface area contributed by atoms with Gasteiger partial charge in [0.15, 0.2) is 0 Å². The molecule has 0 aromatic carbocycles. The maximum Gasteiger partial charge on any atom is 0.220 e. The van der Waals surface area contributed by atoms with Crippen LogP contribution in [0.2, 0.25) is 0 Å². The number of fused-ring (bicyclic) bond motifs is 1. The Morgan fingerprint density at radius 1 is 0.382 bits per heavy atom. The molecule has 0 spiro atoms. The van der Waals surface area contributed by atoms with Crippen LogP contribution in [0, 0.1) is 53.9 Å². The number of anilines is 6. The van der Waals surface area contributed by atoms with E-state index in [0.717, 1.165) is 98.7 Å². The first kappa shape index (κ1) is 90.2. The molecule has 0 bridgehead atoms. The van der Waals surface area contributed by atoms with Crippen molar-refractivity contribution in [1.29, 1.82) is 0 Å². The van der Waals surface area contributed by atoms with Gasteiger partial charge in [0.05, 0.1) is 45.6 Å². The third-order valence-electron chi connectivity index (χ3n) is 17.2. The molecule has 1 aliphatic carbocycles. The van der Waals surface area contributed by atoms with Crippen LogP contribution in [0.1, 0.15) is 351 Å². The highest BCUT2D eigenvalue weighted by molar-refractivity contribution is 5.55. The second-order valence-electron chi connectivity index (χ2n) is 36.1. The van der Waals surface area contributed by atoms with E-state index in [1.807, 2.05) is 41.5 Å². The lowest BCUT2D eigenvalue weighted by Gasteiger charge is -2.34. The van der Waals surface area contributed by atoms with Crippen LogP contribution in [0.5, 0.6) is 0 Å². The molecule has 20 heteroatoms. The monoisotopic (exact) mass is 1400 g/mol. The normalized spacial score (nSPS) is 13.1. The summed E-state index contributed by atoms with van der Waals surface area (Å²) in [6.45, 7) is 82.7. The van der Waals surface area contributed by atoms with Crippen LogP contribution < -0.4 is 34.4 Å². The molecule has 0 atom stereocenters. The average Bonchev–Trinajstić information content (AvgIpc) is 0.784. The zero-order valence-corrected chi connectivity index (χ0v) is 70.6. The fraction of sp³-hybridized carbons (Fsp3) is 0.634. The van der Waals surface area contributed by atoms with Crippen molar-refractivity contribution in [2.75, 3.05) is 34.4 Å². The highest BCUT2D eigenvalue weighted by atomic mass is 15.0. The smallest absolute Gasteiger partial charge is 0.220 e. The molecule has 102 heavy (non-hydrogen) atoms. The number of hydrogen-bond donors (Lipinski definition) is 6. The van der Waals surface area contributed by atoms with Crippen LogP contribution in [0.15, 0.2) is 12.9 Å². The molecule has 8 rings (SSSR count). The Bertz CT molecular complexity index is 3870. The van der Waals surface area contributed by atoms with E-state index in [9.17, 15) is 0 Å². The second kappa shape index (κ2) is 35.1. The summed E-state index contributed by atoms with van der Waals surface area (Å²) in [7, 11) is 0. The lowest BCUT2D eigenvalue weighted by molar-refractivity contribution is 0.307. The number of nitrogen functional groups attached to an aromatic ring is 6. The van der Waals surface area contributed by atoms with Crippen molar-refractivity contribution in [3.05, 3.63) is 132 Å². The van der Waals surface area contributed by atoms with Gasteiger partial charge in [0.1, 0.15) is 6.33 Å². The van der Waals surface area contributed by atoms with Crippen LogP contribution in [-0.4, -0.2) is 69.8 Å². The third kappa shape index (κ3) is 26.1. The first-order chi connectivity index (χ1) is 46.0. The van der Waals surface area contributed by atoms with Crippen LogP contribution in [0.3, 0.4) is 0 Å². The number of nitrogens with two attached hydrogens (primary N) is 6. The van der Waals surface area contributed by atoms with E-state index in [0.29, 0.717) is 58.9 Å². The van der Waals surface area contributed by atoms with Gasteiger partial charge in [-0.25, -0.2) is 69.8 Å². The number of rotatable bonds is 5. The quantitative estimate of drug-likeness (QED) is 0.0932. The maximum atomic E-state index is 5.82. The summed E-state index contributed by atoms with van der Waals surface area (Å²) in [6, 6.07) is 0. The average molecular weight is 1400 g/mol. The molecule has 1 aliphatic rings. The van der Waals surface area contributed by atoms with Gasteiger partial charge in [0, 0.05) is 77.6 Å². The van der Waals surface area contributed by atoms with Gasteiger partial charge < -0.3 is 34.4 Å². The van der Waals surface area contributed by atoms with E-state index in [-0.39, 0.29) is 37.9 Å². The number of aromatic nitrogens is 14. The molecule has 7 aromatic rings. The minimum Gasteiger partial charge on any atom is -0.368 e. The zero-order valence-electron chi connectivity index (χ0n) is 70.6. The van der Waals surface area contributed by atoms with E-state index in [4.69, 9.17) is 34.4 Å². The molecule has 0 unspecified atom stereocenters. The third-order valence-corrected chi connectivity index (χ3v) is 17.2. The van der Waals surface area contributed by atoms with Crippen molar-refractivity contribution < 1.29 is 0 Å². The highest BCUT2D eigenvalue weighted by Gasteiger charge is 2.33. The predicted molar refractivity (Wildman–Crippen MR) is 432 cm³/mol. The maximum absolute atomic E-state index is 5.82. The summed E-state index contributed by atoms with van der Waals surface area (Å²) < 4.78 is 0. The molecule has 0 radical (unpaired) electrons. The first-order valence-electron chi connectivity index (χ1n) is 36.3. The molecular weight excluding hydrogens is 1270 g/mol. The Morgan fingerprint density at radius 3 is 1.05 bits per heavy atom. The number of aryl methyl sites for hydroxylation is 7. The summed E-state index contributed by atoms with van der Waals surface area (Å²) in [6.07, 6.45) is 7.68. The lowest BCUT2D eigenvalue weighted by atomic mass is 9.73. The molecule has 0 saturated carbocycles. The fourth-order valence-electron chi connectivity index (χ4n) is 12.6. The molecule has 566 valence electrons. The Morgan fingerprint density at radius 2 is 0.696 bits per heavy atom. The Balaban J connectivity index is 0.000000405. The molecule has 0 fully saturated rings. The van der Waals surface area contributed by atoms with Gasteiger partial charge in [0.2, 0.25) is 35.7 Å². The summed E-state index contributed by atoms with van der Waals surface area (Å²) >= 11 is 0. The summed E-state index contributed by atoms with van der Waals surface area (Å²) in [5.41, 5.74) is 57.8. The molecular formula is C82H138N20.